The maximum atomic E-state index is 12.1. The molecule has 108 valence electrons. The van der Waals surface area contributed by atoms with Crippen molar-refractivity contribution in [1.29, 1.82) is 0 Å². The number of amidine groups is 1. The lowest BCUT2D eigenvalue weighted by Crippen LogP contribution is -2.40. The number of hydrogen-bond acceptors (Lipinski definition) is 4. The summed E-state index contributed by atoms with van der Waals surface area (Å²) in [6, 6.07) is 0.460. The lowest BCUT2D eigenvalue weighted by atomic mass is 10.1. The molecule has 1 heterocycles. The van der Waals surface area contributed by atoms with Crippen molar-refractivity contribution < 1.29 is 9.53 Å². The highest BCUT2D eigenvalue weighted by molar-refractivity contribution is 8.16. The zero-order chi connectivity index (χ0) is 13.9. The van der Waals surface area contributed by atoms with E-state index < -0.39 is 4.93 Å². The second-order valence-electron chi connectivity index (χ2n) is 5.68. The van der Waals surface area contributed by atoms with E-state index in [1.807, 2.05) is 13.8 Å². The number of carbonyl (C=O) groups is 1. The van der Waals surface area contributed by atoms with Crippen molar-refractivity contribution in [2.75, 3.05) is 7.11 Å². The van der Waals surface area contributed by atoms with Gasteiger partial charge in [-0.2, -0.15) is 4.99 Å². The maximum Gasteiger partial charge on any atom is 0.291 e. The highest BCUT2D eigenvalue weighted by Crippen LogP contribution is 2.40. The summed E-state index contributed by atoms with van der Waals surface area (Å²) >= 11 is 1.44. The Hall–Kier alpha value is -0.550. The van der Waals surface area contributed by atoms with Gasteiger partial charge in [0.05, 0.1) is 0 Å². The molecule has 5 heteroatoms. The van der Waals surface area contributed by atoms with E-state index in [1.165, 1.54) is 50.3 Å². The van der Waals surface area contributed by atoms with Crippen LogP contribution in [0.4, 0.5) is 0 Å². The van der Waals surface area contributed by atoms with E-state index >= 15 is 0 Å². The van der Waals surface area contributed by atoms with Gasteiger partial charge in [0.2, 0.25) is 4.93 Å². The Bertz CT molecular complexity index is 362. The van der Waals surface area contributed by atoms with E-state index in [0.717, 1.165) is 5.17 Å². The standard InChI is InChI=1S/C14H24N2O2S/c1-10(2)14(18-3)12(17)16-13(19-14)15-11-8-6-4-5-7-9-11/h10-11H,4-9H2,1-3H3,(H,15,16,17). The van der Waals surface area contributed by atoms with E-state index in [-0.39, 0.29) is 11.8 Å². The first-order valence-corrected chi connectivity index (χ1v) is 8.04. The van der Waals surface area contributed by atoms with Crippen molar-refractivity contribution >= 4 is 22.8 Å². The fourth-order valence-electron chi connectivity index (χ4n) is 2.77. The number of amides is 1. The van der Waals surface area contributed by atoms with Gasteiger partial charge < -0.3 is 10.1 Å². The number of nitrogens with one attached hydrogen (secondary N) is 1. The van der Waals surface area contributed by atoms with Crippen LogP contribution in [0.1, 0.15) is 52.4 Å². The second kappa shape index (κ2) is 6.27. The molecule has 1 fully saturated rings. The fraction of sp³-hybridized carbons (Fsp3) is 0.857. The van der Waals surface area contributed by atoms with Crippen molar-refractivity contribution in [2.45, 2.75) is 63.3 Å². The Morgan fingerprint density at radius 2 is 1.95 bits per heavy atom. The van der Waals surface area contributed by atoms with Gasteiger partial charge in [0, 0.05) is 19.1 Å². The molecule has 4 nitrogen and oxygen atoms in total. The molecular weight excluding hydrogens is 260 g/mol. The van der Waals surface area contributed by atoms with Gasteiger partial charge in [-0.1, -0.05) is 39.5 Å². The number of aliphatic imine (C=N–C) groups is 1. The van der Waals surface area contributed by atoms with E-state index in [9.17, 15) is 4.79 Å². The molecule has 1 N–H and O–H groups in total. The zero-order valence-corrected chi connectivity index (χ0v) is 12.9. The van der Waals surface area contributed by atoms with Crippen molar-refractivity contribution in [3.05, 3.63) is 0 Å². The number of thioether (sulfide) groups is 1. The number of methoxy groups -OCH3 is 1. The molecule has 0 aromatic carbocycles. The number of ether oxygens (including phenoxy) is 1. The van der Waals surface area contributed by atoms with Gasteiger partial charge in [-0.15, -0.1) is 0 Å². The lowest BCUT2D eigenvalue weighted by Gasteiger charge is -2.28. The molecule has 1 saturated carbocycles. The van der Waals surface area contributed by atoms with Crippen LogP contribution in [-0.2, 0) is 9.53 Å². The van der Waals surface area contributed by atoms with Crippen LogP contribution in [0.3, 0.4) is 0 Å². The van der Waals surface area contributed by atoms with Crippen LogP contribution in [0.5, 0.6) is 0 Å². The summed E-state index contributed by atoms with van der Waals surface area (Å²) in [5, 5.41) is 4.19. The number of carbonyl (C=O) groups excluding carboxylic acids is 1. The Balaban J connectivity index is 1.99. The summed E-state index contributed by atoms with van der Waals surface area (Å²) in [5.74, 6) is -0.0571. The van der Waals surface area contributed by atoms with Crippen LogP contribution in [0.2, 0.25) is 0 Å². The van der Waals surface area contributed by atoms with Gasteiger partial charge in [0.15, 0.2) is 5.17 Å². The highest BCUT2D eigenvalue weighted by atomic mass is 32.2. The number of hydrogen-bond donors (Lipinski definition) is 1. The van der Waals surface area contributed by atoms with Crippen molar-refractivity contribution in [3.63, 3.8) is 0 Å². The van der Waals surface area contributed by atoms with Crippen molar-refractivity contribution in [1.82, 2.24) is 5.32 Å². The Morgan fingerprint density at radius 1 is 1.32 bits per heavy atom. The van der Waals surface area contributed by atoms with Gasteiger partial charge in [-0.25, -0.2) is 0 Å². The van der Waals surface area contributed by atoms with Crippen molar-refractivity contribution in [3.8, 4) is 0 Å². The second-order valence-corrected chi connectivity index (χ2v) is 6.88. The summed E-state index contributed by atoms with van der Waals surface area (Å²) in [6.07, 6.45) is 7.53. The molecule has 0 saturated heterocycles. The molecule has 2 aliphatic rings. The van der Waals surface area contributed by atoms with Crippen LogP contribution in [-0.4, -0.2) is 29.2 Å². The molecule has 1 atom stereocenters. The molecule has 1 aliphatic carbocycles. The lowest BCUT2D eigenvalue weighted by molar-refractivity contribution is -0.132. The Labute approximate surface area is 119 Å². The van der Waals surface area contributed by atoms with E-state index in [2.05, 4.69) is 10.3 Å². The third-order valence-corrected chi connectivity index (χ3v) is 5.51. The van der Waals surface area contributed by atoms with Gasteiger partial charge in [-0.3, -0.25) is 4.79 Å². The van der Waals surface area contributed by atoms with Gasteiger partial charge in [0.25, 0.3) is 5.91 Å². The molecule has 0 radical (unpaired) electrons. The summed E-state index contributed by atoms with van der Waals surface area (Å²) in [5.41, 5.74) is 0. The first-order valence-electron chi connectivity index (χ1n) is 7.22. The normalized spacial score (nSPS) is 29.5. The van der Waals surface area contributed by atoms with Gasteiger partial charge in [0.1, 0.15) is 0 Å². The van der Waals surface area contributed by atoms with Crippen LogP contribution in [0.25, 0.3) is 0 Å². The molecule has 19 heavy (non-hydrogen) atoms. The summed E-state index contributed by atoms with van der Waals surface area (Å²) in [6.45, 7) is 4.00. The number of rotatable bonds is 3. The average Bonchev–Trinajstić information content (AvgIpc) is 2.54. The first kappa shape index (κ1) is 14.9. The van der Waals surface area contributed by atoms with Crippen molar-refractivity contribution in [2.24, 2.45) is 10.9 Å². The average molecular weight is 284 g/mol. The van der Waals surface area contributed by atoms with Gasteiger partial charge >= 0.3 is 0 Å². The Morgan fingerprint density at radius 3 is 2.42 bits per heavy atom. The fourth-order valence-corrected chi connectivity index (χ4v) is 3.86. The Kier molecular flexibility index (Phi) is 4.90. The molecule has 0 spiro atoms. The molecule has 0 bridgehead atoms. The highest BCUT2D eigenvalue weighted by Gasteiger charge is 2.48. The zero-order valence-electron chi connectivity index (χ0n) is 12.1. The predicted octanol–water partition coefficient (Wildman–Crippen LogP) is 2.93. The summed E-state index contributed by atoms with van der Waals surface area (Å²) in [7, 11) is 1.59. The van der Waals surface area contributed by atoms with Crippen LogP contribution >= 0.6 is 11.8 Å². The van der Waals surface area contributed by atoms with Gasteiger partial charge in [-0.05, 0) is 24.6 Å². The van der Waals surface area contributed by atoms with Crippen LogP contribution in [0.15, 0.2) is 4.99 Å². The largest absolute Gasteiger partial charge is 0.362 e. The molecule has 1 aliphatic heterocycles. The maximum absolute atomic E-state index is 12.1. The quantitative estimate of drug-likeness (QED) is 0.810. The monoisotopic (exact) mass is 284 g/mol. The molecule has 0 aromatic rings. The third kappa shape index (κ3) is 3.14. The summed E-state index contributed by atoms with van der Waals surface area (Å²) in [4.78, 5) is 15.5. The first-order chi connectivity index (χ1) is 9.08. The minimum atomic E-state index is -0.826. The molecule has 0 aromatic heterocycles. The SMILES string of the molecule is COC1(C(C)C)SC(NC2CCCCCC2)=NC1=O. The molecular formula is C14H24N2O2S. The third-order valence-electron chi connectivity index (χ3n) is 4.00. The topological polar surface area (TPSA) is 50.7 Å². The minimum absolute atomic E-state index is 0.104. The van der Waals surface area contributed by atoms with Crippen LogP contribution in [0, 0.1) is 5.92 Å². The predicted molar refractivity (Wildman–Crippen MR) is 79.2 cm³/mol. The molecule has 1 amide bonds. The smallest absolute Gasteiger partial charge is 0.291 e. The van der Waals surface area contributed by atoms with E-state index in [1.54, 1.807) is 7.11 Å². The molecule has 1 unspecified atom stereocenters. The molecule has 2 rings (SSSR count). The van der Waals surface area contributed by atoms with Crippen LogP contribution < -0.4 is 5.32 Å². The number of nitrogens with zero attached hydrogens (tertiary/aromatic N) is 1. The van der Waals surface area contributed by atoms with E-state index in [4.69, 9.17) is 4.74 Å². The minimum Gasteiger partial charge on any atom is -0.362 e. The summed E-state index contributed by atoms with van der Waals surface area (Å²) < 4.78 is 5.48. The van der Waals surface area contributed by atoms with E-state index in [0.29, 0.717) is 6.04 Å².